The van der Waals surface area contributed by atoms with E-state index in [2.05, 4.69) is 21.9 Å². The standard InChI is InChI=1S/C21H33F2N3O2/c1-24(2)13-14-28-19-5-3-18(4-6-19)15-26-10-7-20(27,17-26)16-25-11-8-21(22,23)9-12-25/h3-6,27H,7-17H2,1-2H3. The Morgan fingerprint density at radius 3 is 2.32 bits per heavy atom. The summed E-state index contributed by atoms with van der Waals surface area (Å²) >= 11 is 0. The van der Waals surface area contributed by atoms with E-state index in [1.807, 2.05) is 31.1 Å². The molecule has 0 aliphatic carbocycles. The van der Waals surface area contributed by atoms with Gasteiger partial charge in [-0.3, -0.25) is 9.80 Å². The van der Waals surface area contributed by atoms with Crippen LogP contribution in [0.5, 0.6) is 5.75 Å². The van der Waals surface area contributed by atoms with E-state index >= 15 is 0 Å². The second-order valence-electron chi connectivity index (χ2n) is 8.61. The normalized spacial score (nSPS) is 26.1. The molecule has 1 unspecified atom stereocenters. The van der Waals surface area contributed by atoms with Gasteiger partial charge in [-0.05, 0) is 38.2 Å². The van der Waals surface area contributed by atoms with E-state index in [0.29, 0.717) is 39.2 Å². The van der Waals surface area contributed by atoms with Crippen molar-refractivity contribution in [3.8, 4) is 5.75 Å². The Bertz CT molecular complexity index is 617. The molecular formula is C21H33F2N3O2. The van der Waals surface area contributed by atoms with Gasteiger partial charge in [-0.25, -0.2) is 8.78 Å². The molecule has 0 saturated carbocycles. The molecule has 158 valence electrons. The number of halogens is 2. The van der Waals surface area contributed by atoms with Gasteiger partial charge in [0.2, 0.25) is 0 Å². The molecule has 5 nitrogen and oxygen atoms in total. The van der Waals surface area contributed by atoms with Crippen molar-refractivity contribution in [2.45, 2.75) is 37.3 Å². The number of piperidine rings is 1. The number of ether oxygens (including phenoxy) is 1. The van der Waals surface area contributed by atoms with Gasteiger partial charge in [0.25, 0.3) is 5.92 Å². The van der Waals surface area contributed by atoms with Crippen LogP contribution in [0.1, 0.15) is 24.8 Å². The van der Waals surface area contributed by atoms with Crippen molar-refractivity contribution < 1.29 is 18.6 Å². The number of aliphatic hydroxyl groups is 1. The SMILES string of the molecule is CN(C)CCOc1ccc(CN2CCC(O)(CN3CCC(F)(F)CC3)C2)cc1. The molecule has 2 aliphatic rings. The minimum Gasteiger partial charge on any atom is -0.492 e. The van der Waals surface area contributed by atoms with Crippen LogP contribution in [0.2, 0.25) is 0 Å². The lowest BCUT2D eigenvalue weighted by Gasteiger charge is -2.36. The molecule has 1 aromatic carbocycles. The molecule has 0 spiro atoms. The summed E-state index contributed by atoms with van der Waals surface area (Å²) < 4.78 is 32.4. The molecule has 1 N–H and O–H groups in total. The Morgan fingerprint density at radius 2 is 1.68 bits per heavy atom. The first-order chi connectivity index (χ1) is 13.2. The highest BCUT2D eigenvalue weighted by atomic mass is 19.3. The van der Waals surface area contributed by atoms with E-state index in [1.54, 1.807) is 0 Å². The summed E-state index contributed by atoms with van der Waals surface area (Å²) in [5.41, 5.74) is 0.379. The van der Waals surface area contributed by atoms with Gasteiger partial charge >= 0.3 is 0 Å². The summed E-state index contributed by atoms with van der Waals surface area (Å²) in [6, 6.07) is 8.10. The van der Waals surface area contributed by atoms with Crippen molar-refractivity contribution in [1.29, 1.82) is 0 Å². The van der Waals surface area contributed by atoms with Crippen molar-refractivity contribution in [3.63, 3.8) is 0 Å². The van der Waals surface area contributed by atoms with E-state index in [0.717, 1.165) is 25.4 Å². The van der Waals surface area contributed by atoms with Crippen molar-refractivity contribution >= 4 is 0 Å². The number of likely N-dealkylation sites (tertiary alicyclic amines) is 2. The number of rotatable bonds is 8. The molecule has 0 radical (unpaired) electrons. The van der Waals surface area contributed by atoms with Crippen LogP contribution >= 0.6 is 0 Å². The molecule has 0 amide bonds. The number of hydrogen-bond acceptors (Lipinski definition) is 5. The van der Waals surface area contributed by atoms with E-state index in [-0.39, 0.29) is 12.8 Å². The van der Waals surface area contributed by atoms with Gasteiger partial charge in [0.15, 0.2) is 0 Å². The molecule has 1 aromatic rings. The van der Waals surface area contributed by atoms with E-state index < -0.39 is 11.5 Å². The predicted molar refractivity (Wildman–Crippen MR) is 106 cm³/mol. The number of hydrogen-bond donors (Lipinski definition) is 1. The molecule has 0 bridgehead atoms. The fourth-order valence-electron chi connectivity index (χ4n) is 3.95. The molecule has 2 aliphatic heterocycles. The zero-order valence-electron chi connectivity index (χ0n) is 17.0. The maximum absolute atomic E-state index is 13.3. The van der Waals surface area contributed by atoms with Crippen molar-refractivity contribution in [2.75, 3.05) is 60.0 Å². The average Bonchev–Trinajstić information content (AvgIpc) is 2.99. The number of β-amino-alcohol motifs (C(OH)–C–C–N with tert-alkyl or cyclic N) is 1. The maximum Gasteiger partial charge on any atom is 0.250 e. The number of likely N-dealkylation sites (N-methyl/N-ethyl adjacent to an activating group) is 1. The van der Waals surface area contributed by atoms with Crippen LogP contribution in [-0.4, -0.2) is 91.3 Å². The molecule has 2 heterocycles. The summed E-state index contributed by atoms with van der Waals surface area (Å²) in [5, 5.41) is 10.9. The van der Waals surface area contributed by atoms with Crippen LogP contribution in [0.3, 0.4) is 0 Å². The van der Waals surface area contributed by atoms with E-state index in [1.165, 1.54) is 5.56 Å². The predicted octanol–water partition coefficient (Wildman–Crippen LogP) is 2.29. The summed E-state index contributed by atoms with van der Waals surface area (Å²) in [5.74, 6) is -1.67. The highest BCUT2D eigenvalue weighted by molar-refractivity contribution is 5.27. The zero-order chi connectivity index (χ0) is 20.2. The molecule has 2 saturated heterocycles. The van der Waals surface area contributed by atoms with Crippen LogP contribution < -0.4 is 4.74 Å². The Balaban J connectivity index is 1.43. The van der Waals surface area contributed by atoms with E-state index in [9.17, 15) is 13.9 Å². The molecule has 1 atom stereocenters. The summed E-state index contributed by atoms with van der Waals surface area (Å²) in [4.78, 5) is 6.31. The molecule has 7 heteroatoms. The monoisotopic (exact) mass is 397 g/mol. The number of benzene rings is 1. The lowest BCUT2D eigenvalue weighted by Crippen LogP contribution is -2.49. The third-order valence-electron chi connectivity index (χ3n) is 5.65. The Morgan fingerprint density at radius 1 is 1.04 bits per heavy atom. The first kappa shape index (κ1) is 21.4. The second-order valence-corrected chi connectivity index (χ2v) is 8.61. The fraction of sp³-hybridized carbons (Fsp3) is 0.714. The topological polar surface area (TPSA) is 39.2 Å². The quantitative estimate of drug-likeness (QED) is 0.729. The smallest absolute Gasteiger partial charge is 0.250 e. The average molecular weight is 398 g/mol. The van der Waals surface area contributed by atoms with Gasteiger partial charge in [0, 0.05) is 58.7 Å². The lowest BCUT2D eigenvalue weighted by atomic mass is 10.00. The second kappa shape index (κ2) is 9.03. The van der Waals surface area contributed by atoms with Gasteiger partial charge in [-0.2, -0.15) is 0 Å². The summed E-state index contributed by atoms with van der Waals surface area (Å²) in [6.45, 7) is 4.94. The van der Waals surface area contributed by atoms with Gasteiger partial charge < -0.3 is 14.7 Å². The Kier molecular flexibility index (Phi) is 6.91. The molecular weight excluding hydrogens is 364 g/mol. The Hall–Kier alpha value is -1.28. The van der Waals surface area contributed by atoms with Crippen molar-refractivity contribution in [2.24, 2.45) is 0 Å². The fourth-order valence-corrected chi connectivity index (χ4v) is 3.95. The molecule has 3 rings (SSSR count). The lowest BCUT2D eigenvalue weighted by molar-refractivity contribution is -0.0724. The Labute approximate surface area is 166 Å². The summed E-state index contributed by atoms with van der Waals surface area (Å²) in [7, 11) is 4.04. The van der Waals surface area contributed by atoms with Gasteiger partial charge in [-0.15, -0.1) is 0 Å². The van der Waals surface area contributed by atoms with Crippen LogP contribution in [0.15, 0.2) is 24.3 Å². The third-order valence-corrected chi connectivity index (χ3v) is 5.65. The molecule has 28 heavy (non-hydrogen) atoms. The highest BCUT2D eigenvalue weighted by Gasteiger charge is 2.40. The van der Waals surface area contributed by atoms with Crippen LogP contribution in [0.25, 0.3) is 0 Å². The van der Waals surface area contributed by atoms with Crippen LogP contribution in [0.4, 0.5) is 8.78 Å². The van der Waals surface area contributed by atoms with Crippen LogP contribution in [-0.2, 0) is 6.54 Å². The first-order valence-electron chi connectivity index (χ1n) is 10.1. The molecule has 0 aromatic heterocycles. The maximum atomic E-state index is 13.3. The largest absolute Gasteiger partial charge is 0.492 e. The number of alkyl halides is 2. The van der Waals surface area contributed by atoms with Crippen molar-refractivity contribution in [1.82, 2.24) is 14.7 Å². The van der Waals surface area contributed by atoms with Gasteiger partial charge in [0.05, 0.1) is 5.60 Å². The minimum atomic E-state index is -2.54. The minimum absolute atomic E-state index is 0.101. The first-order valence-corrected chi connectivity index (χ1v) is 10.1. The summed E-state index contributed by atoms with van der Waals surface area (Å²) in [6.07, 6.45) is 0.483. The third kappa shape index (κ3) is 6.37. The van der Waals surface area contributed by atoms with E-state index in [4.69, 9.17) is 4.74 Å². The van der Waals surface area contributed by atoms with Gasteiger partial charge in [0.1, 0.15) is 12.4 Å². The van der Waals surface area contributed by atoms with Gasteiger partial charge in [-0.1, -0.05) is 12.1 Å². The molecule has 2 fully saturated rings. The van der Waals surface area contributed by atoms with Crippen molar-refractivity contribution in [3.05, 3.63) is 29.8 Å². The zero-order valence-corrected chi connectivity index (χ0v) is 17.0. The number of nitrogens with zero attached hydrogens (tertiary/aromatic N) is 3. The highest BCUT2D eigenvalue weighted by Crippen LogP contribution is 2.30. The van der Waals surface area contributed by atoms with Crippen LogP contribution in [0, 0.1) is 0 Å².